The van der Waals surface area contributed by atoms with Gasteiger partial charge in [-0.1, -0.05) is 6.42 Å². The maximum Gasteiger partial charge on any atom is 0.237 e. The van der Waals surface area contributed by atoms with Crippen LogP contribution in [0.2, 0.25) is 0 Å². The van der Waals surface area contributed by atoms with Crippen molar-refractivity contribution >= 4 is 11.8 Å². The summed E-state index contributed by atoms with van der Waals surface area (Å²) in [5.74, 6) is 2.93. The van der Waals surface area contributed by atoms with Crippen molar-refractivity contribution < 1.29 is 9.59 Å². The third-order valence-corrected chi connectivity index (χ3v) is 8.83. The number of nitrogens with one attached hydrogen (secondary N) is 2. The molecule has 6 heteroatoms. The van der Waals surface area contributed by atoms with Crippen LogP contribution in [-0.2, 0) is 9.59 Å². The number of hydrogen-bond acceptors (Lipinski definition) is 4. The van der Waals surface area contributed by atoms with Gasteiger partial charge in [0.25, 0.3) is 0 Å². The molecule has 3 saturated carbocycles. The first kappa shape index (κ1) is 20.7. The van der Waals surface area contributed by atoms with E-state index in [0.29, 0.717) is 18.1 Å². The van der Waals surface area contributed by atoms with Crippen molar-refractivity contribution in [3.63, 3.8) is 0 Å². The fraction of sp³-hybridized carbons (Fsp3) is 0.917. The van der Waals surface area contributed by atoms with Crippen LogP contribution in [0.3, 0.4) is 0 Å². The number of carbonyl (C=O) groups is 2. The van der Waals surface area contributed by atoms with Gasteiger partial charge in [-0.15, -0.1) is 0 Å². The number of rotatable bonds is 4. The molecule has 0 bridgehead atoms. The molecule has 2 heterocycles. The Bertz CT molecular complexity index is 643. The number of hydrogen-bond donors (Lipinski definition) is 2. The van der Waals surface area contributed by atoms with Gasteiger partial charge in [-0.3, -0.25) is 14.5 Å². The zero-order chi connectivity index (χ0) is 20.7. The lowest BCUT2D eigenvalue weighted by Gasteiger charge is -2.42. The van der Waals surface area contributed by atoms with Crippen LogP contribution in [0.15, 0.2) is 0 Å². The fourth-order valence-electron chi connectivity index (χ4n) is 7.02. The SMILES string of the molecule is CC(=O)N1CCN(C2CCCC(NC(=O)C3CC4CCCC(C5CC5)C4N3)C2)CC1. The number of amides is 2. The molecular weight excluding hydrogens is 376 g/mol. The average molecular weight is 417 g/mol. The van der Waals surface area contributed by atoms with E-state index in [-0.39, 0.29) is 17.9 Å². The van der Waals surface area contributed by atoms with Gasteiger partial charge in [0.2, 0.25) is 11.8 Å². The zero-order valence-corrected chi connectivity index (χ0v) is 18.7. The van der Waals surface area contributed by atoms with Crippen LogP contribution in [0, 0.1) is 17.8 Å². The maximum atomic E-state index is 13.1. The number of carbonyl (C=O) groups excluding carboxylic acids is 2. The Hall–Kier alpha value is -1.14. The molecule has 168 valence electrons. The lowest BCUT2D eigenvalue weighted by molar-refractivity contribution is -0.131. The third kappa shape index (κ3) is 4.40. The number of piperazine rings is 1. The van der Waals surface area contributed by atoms with E-state index in [1.165, 1.54) is 44.9 Å². The fourth-order valence-corrected chi connectivity index (χ4v) is 7.02. The van der Waals surface area contributed by atoms with Gasteiger partial charge in [-0.25, -0.2) is 0 Å². The maximum absolute atomic E-state index is 13.1. The summed E-state index contributed by atoms with van der Waals surface area (Å²) in [5.41, 5.74) is 0. The first-order valence-corrected chi connectivity index (χ1v) is 12.6. The van der Waals surface area contributed by atoms with Crippen LogP contribution in [0.5, 0.6) is 0 Å². The molecule has 6 unspecified atom stereocenters. The van der Waals surface area contributed by atoms with Gasteiger partial charge in [0.05, 0.1) is 6.04 Å². The molecule has 0 spiro atoms. The summed E-state index contributed by atoms with van der Waals surface area (Å²) in [7, 11) is 0. The predicted molar refractivity (Wildman–Crippen MR) is 117 cm³/mol. The molecule has 2 N–H and O–H groups in total. The van der Waals surface area contributed by atoms with E-state index in [2.05, 4.69) is 15.5 Å². The van der Waals surface area contributed by atoms with Gasteiger partial charge in [-0.2, -0.15) is 0 Å². The zero-order valence-electron chi connectivity index (χ0n) is 18.7. The average Bonchev–Trinajstić information content (AvgIpc) is 3.51. The van der Waals surface area contributed by atoms with Gasteiger partial charge >= 0.3 is 0 Å². The van der Waals surface area contributed by atoms with Crippen molar-refractivity contribution in [3.05, 3.63) is 0 Å². The molecule has 0 aromatic heterocycles. The van der Waals surface area contributed by atoms with Crippen LogP contribution >= 0.6 is 0 Å². The second-order valence-corrected chi connectivity index (χ2v) is 10.7. The van der Waals surface area contributed by atoms with Crippen molar-refractivity contribution in [2.75, 3.05) is 26.2 Å². The Labute approximate surface area is 181 Å². The van der Waals surface area contributed by atoms with Gasteiger partial charge < -0.3 is 15.5 Å². The molecule has 2 aliphatic heterocycles. The first-order chi connectivity index (χ1) is 14.6. The first-order valence-electron chi connectivity index (χ1n) is 12.6. The summed E-state index contributed by atoms with van der Waals surface area (Å²) in [6, 6.07) is 1.49. The van der Waals surface area contributed by atoms with Crippen LogP contribution in [-0.4, -0.2) is 72.0 Å². The quantitative estimate of drug-likeness (QED) is 0.737. The summed E-state index contributed by atoms with van der Waals surface area (Å²) in [5, 5.41) is 7.22. The normalized spacial score (nSPS) is 40.1. The summed E-state index contributed by atoms with van der Waals surface area (Å²) in [4.78, 5) is 29.2. The number of nitrogens with zero attached hydrogens (tertiary/aromatic N) is 2. The highest BCUT2D eigenvalue weighted by Crippen LogP contribution is 2.48. The standard InChI is InChI=1S/C24H40N4O2/c1-16(29)27-10-12-28(13-11-27)20-6-3-5-19(15-20)25-24(30)22-14-18-4-2-7-21(17-8-9-17)23(18)26-22/h17-23,26H,2-15H2,1H3,(H,25,30). The van der Waals surface area contributed by atoms with Crippen molar-refractivity contribution in [3.8, 4) is 0 Å². The van der Waals surface area contributed by atoms with E-state index < -0.39 is 0 Å². The molecule has 2 amide bonds. The molecule has 6 nitrogen and oxygen atoms in total. The van der Waals surface area contributed by atoms with E-state index >= 15 is 0 Å². The lowest BCUT2D eigenvalue weighted by atomic mass is 9.75. The highest BCUT2D eigenvalue weighted by atomic mass is 16.2. The summed E-state index contributed by atoms with van der Waals surface area (Å²) < 4.78 is 0. The number of fused-ring (bicyclic) bond motifs is 1. The van der Waals surface area contributed by atoms with Gasteiger partial charge in [0.1, 0.15) is 0 Å². The summed E-state index contributed by atoms with van der Waals surface area (Å²) >= 11 is 0. The van der Waals surface area contributed by atoms with Gasteiger partial charge in [0, 0.05) is 51.2 Å². The Morgan fingerprint density at radius 3 is 2.37 bits per heavy atom. The molecule has 0 aromatic carbocycles. The Kier molecular flexibility index (Phi) is 6.07. The Morgan fingerprint density at radius 1 is 0.867 bits per heavy atom. The van der Waals surface area contributed by atoms with E-state index in [0.717, 1.165) is 63.2 Å². The van der Waals surface area contributed by atoms with Crippen molar-refractivity contribution in [1.29, 1.82) is 0 Å². The molecule has 2 saturated heterocycles. The Morgan fingerprint density at radius 2 is 1.63 bits per heavy atom. The molecule has 5 rings (SSSR count). The second-order valence-electron chi connectivity index (χ2n) is 10.7. The van der Waals surface area contributed by atoms with Crippen LogP contribution in [0.25, 0.3) is 0 Å². The Balaban J connectivity index is 1.12. The smallest absolute Gasteiger partial charge is 0.237 e. The molecule has 0 radical (unpaired) electrons. The summed E-state index contributed by atoms with van der Waals surface area (Å²) in [6.45, 7) is 5.31. The molecule has 0 aromatic rings. The predicted octanol–water partition coefficient (Wildman–Crippen LogP) is 2.13. The van der Waals surface area contributed by atoms with Crippen molar-refractivity contribution in [2.45, 2.75) is 95.3 Å². The lowest BCUT2D eigenvalue weighted by Crippen LogP contribution is -2.55. The molecular formula is C24H40N4O2. The van der Waals surface area contributed by atoms with Crippen molar-refractivity contribution in [1.82, 2.24) is 20.4 Å². The van der Waals surface area contributed by atoms with Gasteiger partial charge in [0.15, 0.2) is 0 Å². The van der Waals surface area contributed by atoms with E-state index in [1.807, 2.05) is 4.90 Å². The minimum atomic E-state index is 0.0267. The van der Waals surface area contributed by atoms with Crippen LogP contribution < -0.4 is 10.6 Å². The monoisotopic (exact) mass is 416 g/mol. The highest BCUT2D eigenvalue weighted by Gasteiger charge is 2.47. The van der Waals surface area contributed by atoms with Crippen LogP contribution in [0.4, 0.5) is 0 Å². The molecule has 6 atom stereocenters. The van der Waals surface area contributed by atoms with E-state index in [9.17, 15) is 9.59 Å². The molecule has 5 fully saturated rings. The summed E-state index contributed by atoms with van der Waals surface area (Å²) in [6.07, 6.45) is 12.5. The van der Waals surface area contributed by atoms with Crippen molar-refractivity contribution in [2.24, 2.45) is 17.8 Å². The second kappa shape index (κ2) is 8.78. The largest absolute Gasteiger partial charge is 0.352 e. The topological polar surface area (TPSA) is 64.7 Å². The minimum absolute atomic E-state index is 0.0267. The molecule has 30 heavy (non-hydrogen) atoms. The molecule has 3 aliphatic carbocycles. The van der Waals surface area contributed by atoms with E-state index in [1.54, 1.807) is 6.92 Å². The highest BCUT2D eigenvalue weighted by molar-refractivity contribution is 5.82. The minimum Gasteiger partial charge on any atom is -0.352 e. The molecule has 5 aliphatic rings. The van der Waals surface area contributed by atoms with Gasteiger partial charge in [-0.05, 0) is 75.5 Å². The van der Waals surface area contributed by atoms with Crippen LogP contribution in [0.1, 0.15) is 71.1 Å². The van der Waals surface area contributed by atoms with E-state index in [4.69, 9.17) is 0 Å². The third-order valence-electron chi connectivity index (χ3n) is 8.83.